The highest BCUT2D eigenvalue weighted by Gasteiger charge is 2.47. The van der Waals surface area contributed by atoms with E-state index in [1.54, 1.807) is 0 Å². The van der Waals surface area contributed by atoms with Crippen LogP contribution in [-0.2, 0) is 4.74 Å². The highest BCUT2D eigenvalue weighted by Crippen LogP contribution is 2.32. The Morgan fingerprint density at radius 3 is 3.00 bits per heavy atom. The number of nitro groups is 1. The lowest BCUT2D eigenvalue weighted by atomic mass is 10.1. The normalized spacial score (nSPS) is 25.1. The molecule has 0 amide bonds. The van der Waals surface area contributed by atoms with Crippen LogP contribution < -0.4 is 0 Å². The summed E-state index contributed by atoms with van der Waals surface area (Å²) in [6.45, 7) is 3.74. The fourth-order valence-electron chi connectivity index (χ4n) is 2.24. The van der Waals surface area contributed by atoms with Gasteiger partial charge >= 0.3 is 3.36 Å². The van der Waals surface area contributed by atoms with Crippen LogP contribution in [0.5, 0.6) is 0 Å². The summed E-state index contributed by atoms with van der Waals surface area (Å²) >= 11 is 6.22. The zero-order chi connectivity index (χ0) is 13.2. The van der Waals surface area contributed by atoms with Gasteiger partial charge in [-0.25, -0.2) is 0 Å². The monoisotopic (exact) mass is 383 g/mol. The third-order valence-electron chi connectivity index (χ3n) is 3.15. The fraction of sp³-hybridized carbons (Fsp3) is 0.900. The summed E-state index contributed by atoms with van der Waals surface area (Å²) in [4.78, 5) is 17.0. The van der Waals surface area contributed by atoms with Crippen molar-refractivity contribution in [2.24, 2.45) is 10.9 Å². The largest absolute Gasteiger partial charge is 0.382 e. The van der Waals surface area contributed by atoms with Crippen LogP contribution in [0.4, 0.5) is 0 Å². The summed E-state index contributed by atoms with van der Waals surface area (Å²) in [5.74, 6) is 0.904. The average molecular weight is 385 g/mol. The van der Waals surface area contributed by atoms with Crippen LogP contribution in [0, 0.1) is 16.0 Å². The van der Waals surface area contributed by atoms with Crippen LogP contribution >= 0.6 is 31.9 Å². The van der Waals surface area contributed by atoms with E-state index < -0.39 is 8.28 Å². The minimum absolute atomic E-state index is 0.407. The molecule has 0 bridgehead atoms. The Morgan fingerprint density at radius 2 is 2.39 bits per heavy atom. The molecular formula is C10H15Br2N3O3. The van der Waals surface area contributed by atoms with Crippen LogP contribution in [0.1, 0.15) is 12.8 Å². The highest BCUT2D eigenvalue weighted by atomic mass is 79.9. The zero-order valence-corrected chi connectivity index (χ0v) is 13.0. The van der Waals surface area contributed by atoms with Crippen LogP contribution in [0.3, 0.4) is 0 Å². The molecular weight excluding hydrogens is 370 g/mol. The number of rotatable bonds is 4. The van der Waals surface area contributed by atoms with Gasteiger partial charge in [0, 0.05) is 64.0 Å². The van der Waals surface area contributed by atoms with Crippen molar-refractivity contribution in [1.29, 1.82) is 0 Å². The number of hydrogen-bond acceptors (Lipinski definition) is 5. The molecule has 0 aromatic heterocycles. The third kappa shape index (κ3) is 3.03. The van der Waals surface area contributed by atoms with Gasteiger partial charge in [-0.1, -0.05) is 0 Å². The maximum atomic E-state index is 11.1. The van der Waals surface area contributed by atoms with Crippen LogP contribution in [0.25, 0.3) is 0 Å². The van der Waals surface area contributed by atoms with Crippen LogP contribution in [0.2, 0.25) is 0 Å². The summed E-state index contributed by atoms with van der Waals surface area (Å²) < 4.78 is 3.87. The number of alkyl halides is 2. The standard InChI is InChI=1S/C10H15Br2N3O3/c11-10(12,15(16)17)9-13-3-1-4-14(9)6-8-2-5-18-7-8/h8H,1-7H2. The average Bonchev–Trinajstić information content (AvgIpc) is 2.82. The van der Waals surface area contributed by atoms with E-state index in [1.165, 1.54) is 0 Å². The smallest absolute Gasteiger partial charge is 0.381 e. The summed E-state index contributed by atoms with van der Waals surface area (Å²) in [7, 11) is 0. The summed E-state index contributed by atoms with van der Waals surface area (Å²) in [6, 6.07) is 0. The first-order chi connectivity index (χ1) is 8.51. The van der Waals surface area contributed by atoms with Crippen molar-refractivity contribution in [3.63, 3.8) is 0 Å². The first kappa shape index (κ1) is 14.2. The fourth-order valence-corrected chi connectivity index (χ4v) is 2.99. The second-order valence-corrected chi connectivity index (χ2v) is 7.89. The van der Waals surface area contributed by atoms with Gasteiger partial charge in [-0.15, -0.1) is 0 Å². The molecule has 2 aliphatic heterocycles. The third-order valence-corrected chi connectivity index (χ3v) is 4.44. The molecule has 6 nitrogen and oxygen atoms in total. The summed E-state index contributed by atoms with van der Waals surface area (Å²) in [5, 5.41) is 11.1. The predicted molar refractivity (Wildman–Crippen MR) is 75.0 cm³/mol. The molecule has 2 aliphatic rings. The maximum Gasteiger partial charge on any atom is 0.382 e. The Hall–Kier alpha value is -0.210. The topological polar surface area (TPSA) is 68.0 Å². The minimum atomic E-state index is -1.47. The Morgan fingerprint density at radius 1 is 1.61 bits per heavy atom. The number of nitrogens with zero attached hydrogens (tertiary/aromatic N) is 3. The van der Waals surface area contributed by atoms with E-state index in [0.717, 1.165) is 39.1 Å². The van der Waals surface area contributed by atoms with Gasteiger partial charge in [0.15, 0.2) is 0 Å². The Bertz CT molecular complexity index is 356. The van der Waals surface area contributed by atoms with Gasteiger partial charge in [0.25, 0.3) is 0 Å². The molecule has 0 aromatic rings. The Balaban J connectivity index is 2.10. The molecule has 0 saturated carbocycles. The maximum absolute atomic E-state index is 11.1. The molecule has 1 atom stereocenters. The molecule has 2 heterocycles. The van der Waals surface area contributed by atoms with Gasteiger partial charge in [0.05, 0.1) is 11.5 Å². The van der Waals surface area contributed by atoms with Gasteiger partial charge < -0.3 is 9.64 Å². The molecule has 18 heavy (non-hydrogen) atoms. The van der Waals surface area contributed by atoms with E-state index in [0.29, 0.717) is 18.3 Å². The second-order valence-electron chi connectivity index (χ2n) is 4.53. The lowest BCUT2D eigenvalue weighted by molar-refractivity contribution is -0.487. The van der Waals surface area contributed by atoms with Crippen LogP contribution in [0.15, 0.2) is 4.99 Å². The number of amidine groups is 1. The van der Waals surface area contributed by atoms with Crippen molar-refractivity contribution >= 4 is 37.7 Å². The first-order valence-corrected chi connectivity index (χ1v) is 7.50. The predicted octanol–water partition coefficient (Wildman–Crippen LogP) is 1.85. The number of halogens is 2. The van der Waals surface area contributed by atoms with Crippen molar-refractivity contribution in [2.45, 2.75) is 16.2 Å². The van der Waals surface area contributed by atoms with Crippen molar-refractivity contribution in [3.8, 4) is 0 Å². The number of hydrogen-bond donors (Lipinski definition) is 0. The van der Waals surface area contributed by atoms with Crippen LogP contribution in [-0.4, -0.2) is 51.9 Å². The molecule has 0 spiro atoms. The molecule has 1 saturated heterocycles. The van der Waals surface area contributed by atoms with E-state index in [-0.39, 0.29) is 0 Å². The van der Waals surface area contributed by atoms with E-state index in [1.807, 2.05) is 4.90 Å². The molecule has 1 fully saturated rings. The molecule has 1 unspecified atom stereocenters. The molecule has 2 rings (SSSR count). The van der Waals surface area contributed by atoms with Crippen molar-refractivity contribution in [1.82, 2.24) is 4.90 Å². The van der Waals surface area contributed by atoms with Gasteiger partial charge in [0.1, 0.15) is 0 Å². The van der Waals surface area contributed by atoms with Gasteiger partial charge in [-0.05, 0) is 12.8 Å². The van der Waals surface area contributed by atoms with Gasteiger partial charge in [0.2, 0.25) is 5.84 Å². The number of ether oxygens (including phenoxy) is 1. The SMILES string of the molecule is O=[N+]([O-])C(Br)(Br)C1=NCCCN1CC1CCOC1. The van der Waals surface area contributed by atoms with E-state index in [2.05, 4.69) is 36.9 Å². The first-order valence-electron chi connectivity index (χ1n) is 5.91. The van der Waals surface area contributed by atoms with Crippen molar-refractivity contribution in [2.75, 3.05) is 32.8 Å². The number of aliphatic imine (C=N–C) groups is 1. The van der Waals surface area contributed by atoms with Crippen molar-refractivity contribution < 1.29 is 9.66 Å². The minimum Gasteiger partial charge on any atom is -0.381 e. The molecule has 102 valence electrons. The molecule has 0 N–H and O–H groups in total. The van der Waals surface area contributed by atoms with Crippen molar-refractivity contribution in [3.05, 3.63) is 10.1 Å². The zero-order valence-electron chi connectivity index (χ0n) is 9.85. The Kier molecular flexibility index (Phi) is 4.60. The van der Waals surface area contributed by atoms with Gasteiger partial charge in [-0.2, -0.15) is 0 Å². The van der Waals surface area contributed by atoms with E-state index >= 15 is 0 Å². The lowest BCUT2D eigenvalue weighted by Crippen LogP contribution is -2.50. The quantitative estimate of drug-likeness (QED) is 0.321. The molecule has 0 aromatic carbocycles. The summed E-state index contributed by atoms with van der Waals surface area (Å²) in [5.41, 5.74) is 0. The molecule has 0 aliphatic carbocycles. The van der Waals surface area contributed by atoms with E-state index in [9.17, 15) is 10.1 Å². The molecule has 8 heteroatoms. The Labute approximate surface area is 122 Å². The van der Waals surface area contributed by atoms with Gasteiger partial charge in [-0.3, -0.25) is 15.1 Å². The highest BCUT2D eigenvalue weighted by molar-refractivity contribution is 9.25. The molecule has 0 radical (unpaired) electrons. The lowest BCUT2D eigenvalue weighted by Gasteiger charge is -2.33. The second kappa shape index (κ2) is 5.83. The summed E-state index contributed by atoms with van der Waals surface area (Å²) in [6.07, 6.45) is 1.95. The van der Waals surface area contributed by atoms with E-state index in [4.69, 9.17) is 4.74 Å².